The fourth-order valence-corrected chi connectivity index (χ4v) is 5.32. The number of Topliss-reactive ketones (excluding diaryl/α,β-unsaturated/α-hetero) is 1. The summed E-state index contributed by atoms with van der Waals surface area (Å²) in [4.78, 5) is 15.6. The number of nitrogens with zero attached hydrogens (tertiary/aromatic N) is 1. The third kappa shape index (κ3) is 4.96. The van der Waals surface area contributed by atoms with Crippen LogP contribution in [0.4, 0.5) is 0 Å². The number of ketones is 1. The molecule has 1 saturated carbocycles. The lowest BCUT2D eigenvalue weighted by atomic mass is 9.67. The summed E-state index contributed by atoms with van der Waals surface area (Å²) in [5.41, 5.74) is 2.54. The lowest BCUT2D eigenvalue weighted by Crippen LogP contribution is -2.55. The van der Waals surface area contributed by atoms with Crippen molar-refractivity contribution in [3.8, 4) is 0 Å². The van der Waals surface area contributed by atoms with E-state index in [1.165, 1.54) is 24.0 Å². The molecule has 3 nitrogen and oxygen atoms in total. The Hall–Kier alpha value is -1.97. The van der Waals surface area contributed by atoms with Gasteiger partial charge in [-0.25, -0.2) is 0 Å². The molecule has 0 radical (unpaired) electrons. The van der Waals surface area contributed by atoms with E-state index >= 15 is 0 Å². The number of benzene rings is 2. The molecule has 4 rings (SSSR count). The van der Waals surface area contributed by atoms with Crippen LogP contribution >= 0.6 is 0 Å². The standard InChI is InChI=1S/C26H33NO2/c1-2-22-18-27(17-20-9-5-3-6-10-20)25-15-23(22)16-26(28)24(25)13-14-29-19-21-11-7-4-8-12-21/h3-12,22-25H,2,13-19H2,1H3/t22-,23+,24-,25+/m1/s1. The van der Waals surface area contributed by atoms with Crippen LogP contribution in [0, 0.1) is 17.8 Å². The highest BCUT2D eigenvalue weighted by Crippen LogP contribution is 2.42. The maximum absolute atomic E-state index is 13.0. The molecule has 0 unspecified atom stereocenters. The van der Waals surface area contributed by atoms with Crippen molar-refractivity contribution in [2.24, 2.45) is 17.8 Å². The van der Waals surface area contributed by atoms with Crippen molar-refractivity contribution >= 4 is 5.78 Å². The van der Waals surface area contributed by atoms with E-state index in [1.807, 2.05) is 18.2 Å². The second-order valence-electron chi connectivity index (χ2n) is 8.75. The van der Waals surface area contributed by atoms with Crippen LogP contribution in [0.25, 0.3) is 0 Å². The lowest BCUT2D eigenvalue weighted by Gasteiger charge is -2.50. The zero-order valence-corrected chi connectivity index (χ0v) is 17.5. The van der Waals surface area contributed by atoms with E-state index in [9.17, 15) is 4.79 Å². The molecule has 4 atom stereocenters. The van der Waals surface area contributed by atoms with Crippen LogP contribution in [0.2, 0.25) is 0 Å². The molecule has 2 aliphatic rings. The zero-order valence-electron chi connectivity index (χ0n) is 17.5. The predicted octanol–water partition coefficient (Wildman–Crippen LogP) is 5.10. The summed E-state index contributed by atoms with van der Waals surface area (Å²) in [6, 6.07) is 21.3. The van der Waals surface area contributed by atoms with Gasteiger partial charge in [-0.15, -0.1) is 0 Å². The van der Waals surface area contributed by atoms with Crippen molar-refractivity contribution in [2.45, 2.75) is 51.8 Å². The predicted molar refractivity (Wildman–Crippen MR) is 116 cm³/mol. The molecule has 1 heterocycles. The van der Waals surface area contributed by atoms with Gasteiger partial charge in [-0.05, 0) is 35.8 Å². The highest BCUT2D eigenvalue weighted by atomic mass is 16.5. The van der Waals surface area contributed by atoms with Crippen molar-refractivity contribution in [1.82, 2.24) is 4.90 Å². The van der Waals surface area contributed by atoms with Gasteiger partial charge in [0.05, 0.1) is 6.61 Å². The first kappa shape index (κ1) is 20.3. The Morgan fingerprint density at radius 1 is 1.00 bits per heavy atom. The lowest BCUT2D eigenvalue weighted by molar-refractivity contribution is -0.136. The molecule has 1 aliphatic carbocycles. The van der Waals surface area contributed by atoms with Crippen LogP contribution in [0.1, 0.15) is 43.7 Å². The fraction of sp³-hybridized carbons (Fsp3) is 0.500. The average molecular weight is 392 g/mol. The van der Waals surface area contributed by atoms with E-state index in [2.05, 4.69) is 54.3 Å². The second kappa shape index (κ2) is 9.69. The molecule has 0 aromatic heterocycles. The average Bonchev–Trinajstić information content (AvgIpc) is 2.76. The normalized spacial score (nSPS) is 27.1. The highest BCUT2D eigenvalue weighted by molar-refractivity contribution is 5.83. The van der Waals surface area contributed by atoms with Gasteiger partial charge >= 0.3 is 0 Å². The van der Waals surface area contributed by atoms with E-state index in [-0.39, 0.29) is 5.92 Å². The number of carbonyl (C=O) groups is 1. The molecule has 1 saturated heterocycles. The third-order valence-corrected chi connectivity index (χ3v) is 6.93. The van der Waals surface area contributed by atoms with Crippen molar-refractivity contribution in [2.75, 3.05) is 13.2 Å². The maximum Gasteiger partial charge on any atom is 0.137 e. The summed E-state index contributed by atoms with van der Waals surface area (Å²) in [7, 11) is 0. The third-order valence-electron chi connectivity index (χ3n) is 6.93. The van der Waals surface area contributed by atoms with Gasteiger partial charge in [0.15, 0.2) is 0 Å². The SMILES string of the molecule is CC[C@@H]1CN(Cc2ccccc2)[C@H]2C[C@H]1CC(=O)[C@@H]2CCOCc1ccccc1. The number of fused-ring (bicyclic) bond motifs is 2. The first-order valence-electron chi connectivity index (χ1n) is 11.2. The number of likely N-dealkylation sites (tertiary alicyclic amines) is 1. The number of hydrogen-bond donors (Lipinski definition) is 0. The van der Waals surface area contributed by atoms with Gasteiger partial charge in [0.1, 0.15) is 5.78 Å². The largest absolute Gasteiger partial charge is 0.377 e. The Labute approximate surface area is 175 Å². The Morgan fingerprint density at radius 3 is 2.38 bits per heavy atom. The van der Waals surface area contributed by atoms with E-state index < -0.39 is 0 Å². The Kier molecular flexibility index (Phi) is 6.78. The summed E-state index contributed by atoms with van der Waals surface area (Å²) >= 11 is 0. The van der Waals surface area contributed by atoms with Crippen molar-refractivity contribution in [3.05, 3.63) is 71.8 Å². The maximum atomic E-state index is 13.0. The molecular formula is C26H33NO2. The molecular weight excluding hydrogens is 358 g/mol. The molecule has 154 valence electrons. The quantitative estimate of drug-likeness (QED) is 0.587. The van der Waals surface area contributed by atoms with Gasteiger partial charge in [-0.1, -0.05) is 74.0 Å². The van der Waals surface area contributed by atoms with Crippen LogP contribution in [0.3, 0.4) is 0 Å². The van der Waals surface area contributed by atoms with E-state index in [0.29, 0.717) is 36.9 Å². The van der Waals surface area contributed by atoms with Gasteiger partial charge in [0.25, 0.3) is 0 Å². The molecule has 2 bridgehead atoms. The monoisotopic (exact) mass is 391 g/mol. The van der Waals surface area contributed by atoms with Crippen molar-refractivity contribution in [3.63, 3.8) is 0 Å². The summed E-state index contributed by atoms with van der Waals surface area (Å²) in [6.07, 6.45) is 3.95. The first-order chi connectivity index (χ1) is 14.2. The minimum Gasteiger partial charge on any atom is -0.377 e. The fourth-order valence-electron chi connectivity index (χ4n) is 5.32. The molecule has 3 heteroatoms. The van der Waals surface area contributed by atoms with Crippen molar-refractivity contribution in [1.29, 1.82) is 0 Å². The van der Waals surface area contributed by atoms with Gasteiger partial charge < -0.3 is 4.74 Å². The van der Waals surface area contributed by atoms with E-state index in [0.717, 1.165) is 25.9 Å². The summed E-state index contributed by atoms with van der Waals surface area (Å²) in [5, 5.41) is 0. The van der Waals surface area contributed by atoms with Crippen LogP contribution in [0.5, 0.6) is 0 Å². The molecule has 2 aromatic rings. The Balaban J connectivity index is 1.40. The molecule has 0 N–H and O–H groups in total. The van der Waals surface area contributed by atoms with Gasteiger partial charge in [-0.3, -0.25) is 9.69 Å². The Morgan fingerprint density at radius 2 is 1.69 bits per heavy atom. The van der Waals surface area contributed by atoms with Gasteiger partial charge in [-0.2, -0.15) is 0 Å². The smallest absolute Gasteiger partial charge is 0.137 e. The van der Waals surface area contributed by atoms with Gasteiger partial charge in [0.2, 0.25) is 0 Å². The topological polar surface area (TPSA) is 29.5 Å². The summed E-state index contributed by atoms with van der Waals surface area (Å²) in [6.45, 7) is 5.63. The summed E-state index contributed by atoms with van der Waals surface area (Å²) < 4.78 is 5.93. The van der Waals surface area contributed by atoms with Crippen molar-refractivity contribution < 1.29 is 9.53 Å². The van der Waals surface area contributed by atoms with E-state index in [1.54, 1.807) is 0 Å². The summed E-state index contributed by atoms with van der Waals surface area (Å²) in [5.74, 6) is 1.80. The first-order valence-corrected chi connectivity index (χ1v) is 11.2. The van der Waals surface area contributed by atoms with Crippen LogP contribution in [-0.2, 0) is 22.7 Å². The second-order valence-corrected chi connectivity index (χ2v) is 8.75. The van der Waals surface area contributed by atoms with E-state index in [4.69, 9.17) is 4.74 Å². The number of hydrogen-bond acceptors (Lipinski definition) is 3. The molecule has 2 fully saturated rings. The minimum atomic E-state index is 0.114. The van der Waals surface area contributed by atoms with Crippen LogP contribution < -0.4 is 0 Å². The molecule has 0 amide bonds. The molecule has 0 spiro atoms. The minimum absolute atomic E-state index is 0.114. The molecule has 29 heavy (non-hydrogen) atoms. The zero-order chi connectivity index (χ0) is 20.1. The highest BCUT2D eigenvalue weighted by Gasteiger charge is 2.45. The number of ether oxygens (including phenoxy) is 1. The number of piperidine rings is 1. The Bertz CT molecular complexity index is 776. The van der Waals surface area contributed by atoms with Gasteiger partial charge in [0, 0.05) is 38.1 Å². The number of rotatable bonds is 8. The number of carbonyl (C=O) groups excluding carboxylic acids is 1. The van der Waals surface area contributed by atoms with Crippen LogP contribution in [-0.4, -0.2) is 29.9 Å². The molecule has 1 aliphatic heterocycles. The molecule has 2 aromatic carbocycles. The van der Waals surface area contributed by atoms with Crippen LogP contribution in [0.15, 0.2) is 60.7 Å².